The normalized spacial score (nSPS) is 10.4. The van der Waals surface area contributed by atoms with Gasteiger partial charge in [-0.15, -0.1) is 0 Å². The first-order valence-electron chi connectivity index (χ1n) is 9.09. The molecule has 0 aliphatic heterocycles. The molecule has 1 N–H and O–H groups in total. The SMILES string of the molecule is C=Cc1ccc(-c2ccccc2)cc1-c1c(NC#N)nc2ccccc2c1C. The van der Waals surface area contributed by atoms with E-state index in [-0.39, 0.29) is 0 Å². The highest BCUT2D eigenvalue weighted by molar-refractivity contribution is 5.96. The Hall–Kier alpha value is -3.90. The van der Waals surface area contributed by atoms with Crippen molar-refractivity contribution in [3.8, 4) is 28.4 Å². The fourth-order valence-electron chi connectivity index (χ4n) is 3.61. The summed E-state index contributed by atoms with van der Waals surface area (Å²) in [5, 5.41) is 13.1. The van der Waals surface area contributed by atoms with Gasteiger partial charge in [-0.2, -0.15) is 5.26 Å². The third kappa shape index (κ3) is 3.02. The molecule has 134 valence electrons. The van der Waals surface area contributed by atoms with E-state index < -0.39 is 0 Å². The lowest BCUT2D eigenvalue weighted by atomic mass is 9.91. The van der Waals surface area contributed by atoms with Crippen LogP contribution in [0.4, 0.5) is 5.82 Å². The highest BCUT2D eigenvalue weighted by Gasteiger charge is 2.17. The molecule has 3 aromatic carbocycles. The summed E-state index contributed by atoms with van der Waals surface area (Å²) in [6.07, 6.45) is 3.87. The third-order valence-corrected chi connectivity index (χ3v) is 4.98. The van der Waals surface area contributed by atoms with Gasteiger partial charge in [0.25, 0.3) is 0 Å². The van der Waals surface area contributed by atoms with Crippen LogP contribution in [0.3, 0.4) is 0 Å². The number of anilines is 1. The first kappa shape index (κ1) is 17.5. The highest BCUT2D eigenvalue weighted by atomic mass is 15.0. The van der Waals surface area contributed by atoms with E-state index in [2.05, 4.69) is 55.2 Å². The van der Waals surface area contributed by atoms with Crippen LogP contribution in [0.1, 0.15) is 11.1 Å². The fourth-order valence-corrected chi connectivity index (χ4v) is 3.61. The smallest absolute Gasteiger partial charge is 0.182 e. The van der Waals surface area contributed by atoms with Crippen molar-refractivity contribution in [2.75, 3.05) is 5.32 Å². The first-order valence-corrected chi connectivity index (χ1v) is 9.09. The van der Waals surface area contributed by atoms with Crippen LogP contribution in [0.25, 0.3) is 39.2 Å². The van der Waals surface area contributed by atoms with E-state index in [0.29, 0.717) is 5.82 Å². The average molecular weight is 361 g/mol. The number of rotatable bonds is 4. The molecule has 0 aliphatic rings. The first-order chi connectivity index (χ1) is 13.7. The quantitative estimate of drug-likeness (QED) is 0.337. The summed E-state index contributed by atoms with van der Waals surface area (Å²) < 4.78 is 0. The average Bonchev–Trinajstić information content (AvgIpc) is 2.74. The van der Waals surface area contributed by atoms with Crippen LogP contribution in [-0.2, 0) is 0 Å². The summed E-state index contributed by atoms with van der Waals surface area (Å²) in [5.74, 6) is 0.562. The van der Waals surface area contributed by atoms with Crippen molar-refractivity contribution in [1.82, 2.24) is 4.98 Å². The Bertz CT molecular complexity index is 1220. The van der Waals surface area contributed by atoms with Crippen molar-refractivity contribution in [2.45, 2.75) is 6.92 Å². The maximum atomic E-state index is 9.29. The summed E-state index contributed by atoms with van der Waals surface area (Å²) in [4.78, 5) is 4.71. The zero-order chi connectivity index (χ0) is 19.5. The summed E-state index contributed by atoms with van der Waals surface area (Å²) in [5.41, 5.74) is 7.12. The standard InChI is InChI=1S/C25H19N3/c1-3-18-13-14-20(19-9-5-4-6-10-19)15-22(18)24-17(2)21-11-7-8-12-23(21)28-25(24)27-16-26/h3-15H,1H2,2H3,(H,27,28). The molecule has 0 spiro atoms. The van der Waals surface area contributed by atoms with Gasteiger partial charge in [-0.1, -0.05) is 73.3 Å². The van der Waals surface area contributed by atoms with Gasteiger partial charge >= 0.3 is 0 Å². The van der Waals surface area contributed by atoms with Crippen LogP contribution in [0.15, 0.2) is 79.4 Å². The van der Waals surface area contributed by atoms with Gasteiger partial charge in [-0.3, -0.25) is 5.32 Å². The molecule has 0 fully saturated rings. The molecule has 3 heteroatoms. The van der Waals surface area contributed by atoms with Gasteiger partial charge in [0.05, 0.1) is 5.52 Å². The van der Waals surface area contributed by atoms with Gasteiger partial charge < -0.3 is 0 Å². The van der Waals surface area contributed by atoms with Gasteiger partial charge in [0.2, 0.25) is 0 Å². The van der Waals surface area contributed by atoms with Crippen molar-refractivity contribution < 1.29 is 0 Å². The van der Waals surface area contributed by atoms with Crippen molar-refractivity contribution in [3.05, 3.63) is 90.5 Å². The van der Waals surface area contributed by atoms with E-state index in [0.717, 1.165) is 44.3 Å². The highest BCUT2D eigenvalue weighted by Crippen LogP contribution is 2.38. The van der Waals surface area contributed by atoms with E-state index >= 15 is 0 Å². The number of hydrogen-bond acceptors (Lipinski definition) is 3. The van der Waals surface area contributed by atoms with Gasteiger partial charge in [-0.25, -0.2) is 4.98 Å². The molecule has 4 aromatic rings. The minimum absolute atomic E-state index is 0.562. The largest absolute Gasteiger partial charge is 0.276 e. The molecule has 3 nitrogen and oxygen atoms in total. The predicted octanol–water partition coefficient (Wildman–Crippen LogP) is 6.41. The molecule has 0 aliphatic carbocycles. The Morgan fingerprint density at radius 3 is 2.46 bits per heavy atom. The second-order valence-electron chi connectivity index (χ2n) is 6.59. The van der Waals surface area contributed by atoms with E-state index in [9.17, 15) is 5.26 Å². The molecular weight excluding hydrogens is 342 g/mol. The maximum absolute atomic E-state index is 9.29. The minimum Gasteiger partial charge on any atom is -0.276 e. The van der Waals surface area contributed by atoms with E-state index in [1.807, 2.05) is 48.7 Å². The number of nitrogens with one attached hydrogen (secondary N) is 1. The van der Waals surface area contributed by atoms with Crippen LogP contribution in [-0.4, -0.2) is 4.98 Å². The zero-order valence-corrected chi connectivity index (χ0v) is 15.6. The Kier molecular flexibility index (Phi) is 4.62. The Morgan fingerprint density at radius 1 is 0.964 bits per heavy atom. The van der Waals surface area contributed by atoms with E-state index in [1.165, 1.54) is 0 Å². The lowest BCUT2D eigenvalue weighted by Crippen LogP contribution is -2.00. The van der Waals surface area contributed by atoms with Crippen LogP contribution in [0, 0.1) is 18.4 Å². The molecule has 1 aromatic heterocycles. The third-order valence-electron chi connectivity index (χ3n) is 4.98. The van der Waals surface area contributed by atoms with Crippen LogP contribution < -0.4 is 5.32 Å². The molecule has 0 saturated heterocycles. The van der Waals surface area contributed by atoms with Gasteiger partial charge in [0, 0.05) is 10.9 Å². The minimum atomic E-state index is 0.562. The topological polar surface area (TPSA) is 48.7 Å². The molecular formula is C25H19N3. The summed E-state index contributed by atoms with van der Waals surface area (Å²) in [6, 6.07) is 24.5. The Morgan fingerprint density at radius 2 is 1.71 bits per heavy atom. The Labute approximate surface area is 164 Å². The number of hydrogen-bond donors (Lipinski definition) is 1. The van der Waals surface area contributed by atoms with E-state index in [1.54, 1.807) is 0 Å². The lowest BCUT2D eigenvalue weighted by molar-refractivity contribution is 1.33. The number of aromatic nitrogens is 1. The molecule has 0 bridgehead atoms. The molecule has 0 radical (unpaired) electrons. The molecule has 0 amide bonds. The summed E-state index contributed by atoms with van der Waals surface area (Å²) >= 11 is 0. The number of nitrogens with zero attached hydrogens (tertiary/aromatic N) is 2. The van der Waals surface area contributed by atoms with Gasteiger partial charge in [0.1, 0.15) is 5.82 Å². The number of pyridine rings is 1. The summed E-state index contributed by atoms with van der Waals surface area (Å²) in [6.45, 7) is 6.05. The van der Waals surface area contributed by atoms with Gasteiger partial charge in [0.15, 0.2) is 6.19 Å². The number of fused-ring (bicyclic) bond motifs is 1. The van der Waals surface area contributed by atoms with Crippen LogP contribution in [0.5, 0.6) is 0 Å². The summed E-state index contributed by atoms with van der Waals surface area (Å²) in [7, 11) is 0. The molecule has 4 rings (SSSR count). The predicted molar refractivity (Wildman–Crippen MR) is 117 cm³/mol. The maximum Gasteiger partial charge on any atom is 0.182 e. The fraction of sp³-hybridized carbons (Fsp3) is 0.0400. The van der Waals surface area contributed by atoms with Crippen molar-refractivity contribution in [2.24, 2.45) is 0 Å². The molecule has 0 saturated carbocycles. The lowest BCUT2D eigenvalue weighted by Gasteiger charge is -2.17. The van der Waals surface area contributed by atoms with Crippen molar-refractivity contribution in [1.29, 1.82) is 5.26 Å². The van der Waals surface area contributed by atoms with Crippen molar-refractivity contribution in [3.63, 3.8) is 0 Å². The monoisotopic (exact) mass is 361 g/mol. The second kappa shape index (κ2) is 7.38. The molecule has 0 unspecified atom stereocenters. The van der Waals surface area contributed by atoms with Gasteiger partial charge in [-0.05, 0) is 46.9 Å². The molecule has 28 heavy (non-hydrogen) atoms. The molecule has 1 heterocycles. The molecule has 0 atom stereocenters. The number of aryl methyl sites for hydroxylation is 1. The number of nitriles is 1. The van der Waals surface area contributed by atoms with Crippen LogP contribution in [0.2, 0.25) is 0 Å². The zero-order valence-electron chi connectivity index (χ0n) is 15.6. The van der Waals surface area contributed by atoms with E-state index in [4.69, 9.17) is 4.98 Å². The number of para-hydroxylation sites is 1. The Balaban J connectivity index is 2.04. The number of benzene rings is 3. The second-order valence-corrected chi connectivity index (χ2v) is 6.59. The van der Waals surface area contributed by atoms with Crippen molar-refractivity contribution >= 4 is 22.8 Å². The van der Waals surface area contributed by atoms with Crippen LogP contribution >= 0.6 is 0 Å².